The van der Waals surface area contributed by atoms with E-state index in [9.17, 15) is 4.21 Å². The minimum atomic E-state index is -0.709. The zero-order valence-electron chi connectivity index (χ0n) is 10.3. The van der Waals surface area contributed by atoms with E-state index in [1.54, 1.807) is 6.26 Å². The molecule has 0 rings (SSSR count). The van der Waals surface area contributed by atoms with Crippen molar-refractivity contribution in [3.63, 3.8) is 0 Å². The molecule has 0 amide bonds. The first-order valence-electron chi connectivity index (χ1n) is 5.39. The van der Waals surface area contributed by atoms with Gasteiger partial charge in [-0.1, -0.05) is 19.0 Å². The molecule has 0 saturated carbocycles. The van der Waals surface area contributed by atoms with E-state index in [0.717, 1.165) is 31.7 Å². The summed E-state index contributed by atoms with van der Waals surface area (Å²) < 4.78 is 10.8. The molecule has 0 aromatic rings. The van der Waals surface area contributed by atoms with Crippen molar-refractivity contribution in [2.75, 3.05) is 25.1 Å². The fourth-order valence-corrected chi connectivity index (χ4v) is 1.74. The molecule has 0 saturated heterocycles. The summed E-state index contributed by atoms with van der Waals surface area (Å²) in [5, 5.41) is 14.9. The molecule has 16 heavy (non-hydrogen) atoms. The van der Waals surface area contributed by atoms with Crippen molar-refractivity contribution in [2.24, 2.45) is 16.3 Å². The lowest BCUT2D eigenvalue weighted by Gasteiger charge is -2.22. The van der Waals surface area contributed by atoms with Crippen molar-refractivity contribution in [3.8, 4) is 0 Å². The number of hydrogen-bond donors (Lipinski definition) is 3. The SMILES string of the molecule is CS(=O)CCCNCCC(C)(C)C(N)=NO. The standard InChI is InChI=1S/C10H23N3O2S/c1-10(2,9(11)13-14)5-7-12-6-4-8-16(3)15/h12,14H,4-8H2,1-3H3,(H2,11,13). The van der Waals surface area contributed by atoms with Crippen LogP contribution < -0.4 is 11.1 Å². The second-order valence-corrected chi connectivity index (χ2v) is 6.05. The zero-order valence-corrected chi connectivity index (χ0v) is 11.1. The first kappa shape index (κ1) is 15.4. The molecule has 0 spiro atoms. The van der Waals surface area contributed by atoms with Crippen LogP contribution in [-0.2, 0) is 10.8 Å². The third kappa shape index (κ3) is 6.79. The van der Waals surface area contributed by atoms with Crippen molar-refractivity contribution >= 4 is 16.6 Å². The topological polar surface area (TPSA) is 87.7 Å². The monoisotopic (exact) mass is 249 g/mol. The van der Waals surface area contributed by atoms with Crippen LogP contribution in [0.25, 0.3) is 0 Å². The van der Waals surface area contributed by atoms with Crippen LogP contribution >= 0.6 is 0 Å². The van der Waals surface area contributed by atoms with Crippen molar-refractivity contribution in [2.45, 2.75) is 26.7 Å². The lowest BCUT2D eigenvalue weighted by molar-refractivity contribution is 0.305. The Kier molecular flexibility index (Phi) is 7.33. The van der Waals surface area contributed by atoms with Crippen LogP contribution in [0.15, 0.2) is 5.16 Å². The van der Waals surface area contributed by atoms with Crippen LogP contribution in [0.2, 0.25) is 0 Å². The number of oxime groups is 1. The first-order chi connectivity index (χ1) is 7.40. The van der Waals surface area contributed by atoms with Crippen LogP contribution in [0.4, 0.5) is 0 Å². The maximum absolute atomic E-state index is 10.8. The van der Waals surface area contributed by atoms with Gasteiger partial charge in [0.25, 0.3) is 0 Å². The molecule has 96 valence electrons. The van der Waals surface area contributed by atoms with E-state index in [2.05, 4.69) is 10.5 Å². The second kappa shape index (κ2) is 7.62. The van der Waals surface area contributed by atoms with Gasteiger partial charge < -0.3 is 16.3 Å². The Hall–Kier alpha value is -0.620. The fourth-order valence-electron chi connectivity index (χ4n) is 1.19. The molecular formula is C10H23N3O2S. The maximum atomic E-state index is 10.8. The smallest absolute Gasteiger partial charge is 0.144 e. The molecule has 4 N–H and O–H groups in total. The summed E-state index contributed by atoms with van der Waals surface area (Å²) in [6, 6.07) is 0. The third-order valence-electron chi connectivity index (χ3n) is 2.51. The van der Waals surface area contributed by atoms with E-state index in [0.29, 0.717) is 0 Å². The highest BCUT2D eigenvalue weighted by Gasteiger charge is 2.22. The van der Waals surface area contributed by atoms with Gasteiger partial charge in [0.15, 0.2) is 0 Å². The molecule has 0 heterocycles. The zero-order chi connectivity index (χ0) is 12.6. The van der Waals surface area contributed by atoms with E-state index in [4.69, 9.17) is 10.9 Å². The van der Waals surface area contributed by atoms with Gasteiger partial charge in [0.05, 0.1) is 0 Å². The number of nitrogens with two attached hydrogens (primary N) is 1. The molecule has 0 aromatic heterocycles. The van der Waals surface area contributed by atoms with Crippen LogP contribution in [0.3, 0.4) is 0 Å². The van der Waals surface area contributed by atoms with Crippen LogP contribution in [0, 0.1) is 5.41 Å². The summed E-state index contributed by atoms with van der Waals surface area (Å²) >= 11 is 0. The lowest BCUT2D eigenvalue weighted by Crippen LogP contribution is -2.35. The van der Waals surface area contributed by atoms with E-state index in [1.165, 1.54) is 0 Å². The Balaban J connectivity index is 3.62. The number of rotatable bonds is 8. The first-order valence-corrected chi connectivity index (χ1v) is 7.11. The average Bonchev–Trinajstić information content (AvgIpc) is 2.21. The normalized spacial score (nSPS) is 15.1. The lowest BCUT2D eigenvalue weighted by atomic mass is 9.88. The largest absolute Gasteiger partial charge is 0.409 e. The van der Waals surface area contributed by atoms with E-state index >= 15 is 0 Å². The Bertz CT molecular complexity index is 254. The summed E-state index contributed by atoms with van der Waals surface area (Å²) in [5.41, 5.74) is 5.27. The number of nitrogens with zero attached hydrogens (tertiary/aromatic N) is 1. The molecule has 5 nitrogen and oxygen atoms in total. The van der Waals surface area contributed by atoms with Gasteiger partial charge in [0.2, 0.25) is 0 Å². The molecule has 0 fully saturated rings. The summed E-state index contributed by atoms with van der Waals surface area (Å²) in [5.74, 6) is 0.986. The Labute approximate surface area is 99.9 Å². The van der Waals surface area contributed by atoms with Crippen LogP contribution in [0.5, 0.6) is 0 Å². The highest BCUT2D eigenvalue weighted by molar-refractivity contribution is 7.84. The van der Waals surface area contributed by atoms with E-state index in [-0.39, 0.29) is 11.3 Å². The van der Waals surface area contributed by atoms with Gasteiger partial charge in [-0.25, -0.2) is 0 Å². The van der Waals surface area contributed by atoms with E-state index in [1.807, 2.05) is 13.8 Å². The number of amidine groups is 1. The summed E-state index contributed by atoms with van der Waals surface area (Å²) in [4.78, 5) is 0. The van der Waals surface area contributed by atoms with Crippen molar-refractivity contribution in [1.29, 1.82) is 0 Å². The predicted octanol–water partition coefficient (Wildman–Crippen LogP) is 0.507. The molecule has 0 aliphatic carbocycles. The maximum Gasteiger partial charge on any atom is 0.144 e. The molecule has 1 atom stereocenters. The second-order valence-electron chi connectivity index (χ2n) is 4.50. The Morgan fingerprint density at radius 2 is 2.12 bits per heavy atom. The van der Waals surface area contributed by atoms with E-state index < -0.39 is 10.8 Å². The minimum absolute atomic E-state index is 0.254. The van der Waals surface area contributed by atoms with Crippen LogP contribution in [0.1, 0.15) is 26.7 Å². The van der Waals surface area contributed by atoms with Gasteiger partial charge in [-0.05, 0) is 25.9 Å². The summed E-state index contributed by atoms with van der Waals surface area (Å²) in [6.45, 7) is 5.53. The number of nitrogens with one attached hydrogen (secondary N) is 1. The highest BCUT2D eigenvalue weighted by Crippen LogP contribution is 2.19. The minimum Gasteiger partial charge on any atom is -0.409 e. The van der Waals surface area contributed by atoms with Gasteiger partial charge in [-0.15, -0.1) is 0 Å². The van der Waals surface area contributed by atoms with Crippen molar-refractivity contribution in [3.05, 3.63) is 0 Å². The van der Waals surface area contributed by atoms with Gasteiger partial charge in [0.1, 0.15) is 5.84 Å². The Morgan fingerprint density at radius 3 is 2.62 bits per heavy atom. The Morgan fingerprint density at radius 1 is 1.50 bits per heavy atom. The summed E-state index contributed by atoms with van der Waals surface area (Å²) in [6.07, 6.45) is 3.42. The highest BCUT2D eigenvalue weighted by atomic mass is 32.2. The quantitative estimate of drug-likeness (QED) is 0.192. The van der Waals surface area contributed by atoms with Gasteiger partial charge in [0, 0.05) is 28.2 Å². The third-order valence-corrected chi connectivity index (χ3v) is 3.38. The van der Waals surface area contributed by atoms with Crippen molar-refractivity contribution in [1.82, 2.24) is 5.32 Å². The molecule has 0 aliphatic rings. The van der Waals surface area contributed by atoms with Gasteiger partial charge >= 0.3 is 0 Å². The van der Waals surface area contributed by atoms with Gasteiger partial charge in [-0.3, -0.25) is 4.21 Å². The molecule has 0 bridgehead atoms. The van der Waals surface area contributed by atoms with Crippen molar-refractivity contribution < 1.29 is 9.42 Å². The molecule has 6 heteroatoms. The van der Waals surface area contributed by atoms with Gasteiger partial charge in [-0.2, -0.15) is 0 Å². The molecule has 0 aromatic carbocycles. The molecule has 0 radical (unpaired) electrons. The number of hydrogen-bond acceptors (Lipinski definition) is 4. The summed E-state index contributed by atoms with van der Waals surface area (Å²) in [7, 11) is -0.709. The predicted molar refractivity (Wildman–Crippen MR) is 68.2 cm³/mol. The molecule has 0 aliphatic heterocycles. The fraction of sp³-hybridized carbons (Fsp3) is 0.900. The molecular weight excluding hydrogens is 226 g/mol. The average molecular weight is 249 g/mol. The van der Waals surface area contributed by atoms with Crippen LogP contribution in [-0.4, -0.2) is 40.3 Å². The molecule has 1 unspecified atom stereocenters.